The first-order valence-electron chi connectivity index (χ1n) is 10.5. The summed E-state index contributed by atoms with van der Waals surface area (Å²) < 4.78 is 32.6. The zero-order valence-electron chi connectivity index (χ0n) is 17.5. The van der Waals surface area contributed by atoms with Gasteiger partial charge in [-0.25, -0.2) is 8.42 Å². The summed E-state index contributed by atoms with van der Waals surface area (Å²) in [5, 5.41) is 11.9. The van der Waals surface area contributed by atoms with Crippen LogP contribution in [0.15, 0.2) is 39.6 Å². The second-order valence-corrected chi connectivity index (χ2v) is 9.94. The summed E-state index contributed by atoms with van der Waals surface area (Å²) in [4.78, 5) is 15.0. The number of anilines is 1. The fraction of sp³-hybridized carbons (Fsp3) is 0.455. The molecule has 9 heteroatoms. The second kappa shape index (κ2) is 8.73. The summed E-state index contributed by atoms with van der Waals surface area (Å²) in [7, 11) is -3.63. The molecule has 1 aromatic heterocycles. The molecule has 2 fully saturated rings. The zero-order chi connectivity index (χ0) is 22.0. The minimum Gasteiger partial charge on any atom is -0.455 e. The number of rotatable bonds is 5. The maximum absolute atomic E-state index is 12.8. The van der Waals surface area contributed by atoms with Crippen LogP contribution in [-0.2, 0) is 10.0 Å². The van der Waals surface area contributed by atoms with Gasteiger partial charge < -0.3 is 14.6 Å². The van der Waals surface area contributed by atoms with Crippen LogP contribution in [0.3, 0.4) is 0 Å². The molecule has 0 radical (unpaired) electrons. The van der Waals surface area contributed by atoms with Crippen molar-refractivity contribution in [3.05, 3.63) is 47.4 Å². The van der Waals surface area contributed by atoms with Crippen molar-refractivity contribution in [2.45, 2.75) is 43.5 Å². The van der Waals surface area contributed by atoms with Crippen LogP contribution < -0.4 is 10.2 Å². The fourth-order valence-electron chi connectivity index (χ4n) is 4.19. The Hall–Kier alpha value is -2.83. The maximum atomic E-state index is 12.8. The minimum atomic E-state index is -3.63. The monoisotopic (exact) mass is 442 g/mol. The van der Waals surface area contributed by atoms with Gasteiger partial charge in [-0.3, -0.25) is 4.79 Å². The van der Waals surface area contributed by atoms with Gasteiger partial charge in [0.2, 0.25) is 10.0 Å². The van der Waals surface area contributed by atoms with Gasteiger partial charge in [0.05, 0.1) is 11.6 Å². The molecule has 8 nitrogen and oxygen atoms in total. The summed E-state index contributed by atoms with van der Waals surface area (Å²) >= 11 is 0. The number of nitrogens with one attached hydrogen (secondary N) is 1. The van der Waals surface area contributed by atoms with Crippen molar-refractivity contribution in [3.63, 3.8) is 0 Å². The topological polar surface area (TPSA) is 107 Å². The predicted molar refractivity (Wildman–Crippen MR) is 115 cm³/mol. The zero-order valence-corrected chi connectivity index (χ0v) is 18.3. The minimum absolute atomic E-state index is 0.00817. The van der Waals surface area contributed by atoms with E-state index in [9.17, 15) is 13.2 Å². The van der Waals surface area contributed by atoms with Crippen molar-refractivity contribution >= 4 is 21.6 Å². The van der Waals surface area contributed by atoms with Gasteiger partial charge in [0.1, 0.15) is 10.7 Å². The quantitative estimate of drug-likeness (QED) is 0.763. The van der Waals surface area contributed by atoms with Crippen molar-refractivity contribution < 1.29 is 17.6 Å². The number of hydrogen-bond donors (Lipinski definition) is 1. The molecule has 3 heterocycles. The Morgan fingerprint density at radius 3 is 2.39 bits per heavy atom. The lowest BCUT2D eigenvalue weighted by Gasteiger charge is -2.33. The first kappa shape index (κ1) is 21.4. The first-order chi connectivity index (χ1) is 14.9. The van der Waals surface area contributed by atoms with Crippen molar-refractivity contribution in [1.29, 1.82) is 5.26 Å². The summed E-state index contributed by atoms with van der Waals surface area (Å²) in [6, 6.07) is 10.9. The lowest BCUT2D eigenvalue weighted by molar-refractivity contribution is 0.0901. The number of aryl methyl sites for hydroxylation is 1. The largest absolute Gasteiger partial charge is 0.455 e. The van der Waals surface area contributed by atoms with E-state index in [-0.39, 0.29) is 28.4 Å². The van der Waals surface area contributed by atoms with E-state index >= 15 is 0 Å². The van der Waals surface area contributed by atoms with Gasteiger partial charge in [-0.1, -0.05) is 0 Å². The molecule has 31 heavy (non-hydrogen) atoms. The number of piperidine rings is 1. The highest BCUT2D eigenvalue weighted by atomic mass is 32.2. The highest BCUT2D eigenvalue weighted by Crippen LogP contribution is 2.27. The molecular weight excluding hydrogens is 416 g/mol. The normalized spacial score (nSPS) is 18.1. The smallest absolute Gasteiger partial charge is 0.287 e. The maximum Gasteiger partial charge on any atom is 0.287 e. The van der Waals surface area contributed by atoms with Crippen LogP contribution in [0.4, 0.5) is 5.69 Å². The molecule has 2 aromatic rings. The fourth-order valence-corrected chi connectivity index (χ4v) is 5.86. The number of benzene rings is 1. The van der Waals surface area contributed by atoms with E-state index in [0.717, 1.165) is 44.5 Å². The third kappa shape index (κ3) is 4.45. The molecule has 1 amide bonds. The molecule has 4 rings (SSSR count). The molecule has 1 N–H and O–H groups in total. The Bertz CT molecular complexity index is 1090. The van der Waals surface area contributed by atoms with E-state index < -0.39 is 10.0 Å². The van der Waals surface area contributed by atoms with Gasteiger partial charge >= 0.3 is 0 Å². The van der Waals surface area contributed by atoms with Gasteiger partial charge in [0.25, 0.3) is 5.91 Å². The number of carbonyl (C=O) groups excluding carboxylic acids is 1. The van der Waals surface area contributed by atoms with Crippen molar-refractivity contribution in [1.82, 2.24) is 9.62 Å². The summed E-state index contributed by atoms with van der Waals surface area (Å²) in [6.07, 6.45) is 3.24. The van der Waals surface area contributed by atoms with E-state index in [0.29, 0.717) is 18.7 Å². The number of furan rings is 1. The summed E-state index contributed by atoms with van der Waals surface area (Å²) in [6.45, 7) is 4.15. The third-order valence-electron chi connectivity index (χ3n) is 5.97. The van der Waals surface area contributed by atoms with E-state index in [1.165, 1.54) is 10.4 Å². The lowest BCUT2D eigenvalue weighted by Crippen LogP contribution is -2.44. The Kier molecular flexibility index (Phi) is 6.03. The number of sulfonamides is 1. The summed E-state index contributed by atoms with van der Waals surface area (Å²) in [5.74, 6) is -0.111. The van der Waals surface area contributed by atoms with E-state index in [2.05, 4.69) is 16.3 Å². The molecule has 2 aliphatic heterocycles. The molecule has 0 unspecified atom stereocenters. The van der Waals surface area contributed by atoms with Crippen LogP contribution in [-0.4, -0.2) is 50.9 Å². The Morgan fingerprint density at radius 2 is 1.77 bits per heavy atom. The molecule has 0 spiro atoms. The molecule has 164 valence electrons. The molecule has 2 aliphatic rings. The molecule has 2 saturated heterocycles. The number of nitriles is 1. The van der Waals surface area contributed by atoms with Gasteiger partial charge in [0, 0.05) is 44.0 Å². The molecule has 0 atom stereocenters. The van der Waals surface area contributed by atoms with Crippen LogP contribution >= 0.6 is 0 Å². The van der Waals surface area contributed by atoms with Crippen molar-refractivity contribution in [2.24, 2.45) is 0 Å². The van der Waals surface area contributed by atoms with Crippen LogP contribution in [0, 0.1) is 18.3 Å². The Labute approximate surface area is 182 Å². The standard InChI is InChI=1S/C22H26N4O4S/c1-16-21(31(28,29)26-10-2-3-11-26)14-20(30-16)22(27)24-18-8-12-25(13-9-18)19-6-4-17(15-23)5-7-19/h4-7,14,18H,2-3,8-13H2,1H3,(H,24,27). The average molecular weight is 443 g/mol. The molecule has 0 saturated carbocycles. The Balaban J connectivity index is 1.36. The van der Waals surface area contributed by atoms with Crippen LogP contribution in [0.2, 0.25) is 0 Å². The van der Waals surface area contributed by atoms with Crippen LogP contribution in [0.1, 0.15) is 47.6 Å². The molecule has 0 aliphatic carbocycles. The van der Waals surface area contributed by atoms with Gasteiger partial charge in [-0.05, 0) is 56.9 Å². The Morgan fingerprint density at radius 1 is 1.13 bits per heavy atom. The highest BCUT2D eigenvalue weighted by molar-refractivity contribution is 7.89. The van der Waals surface area contributed by atoms with E-state index in [1.54, 1.807) is 19.1 Å². The SMILES string of the molecule is Cc1oc(C(=O)NC2CCN(c3ccc(C#N)cc3)CC2)cc1S(=O)(=O)N1CCCC1. The highest BCUT2D eigenvalue weighted by Gasteiger charge is 2.32. The van der Waals surface area contributed by atoms with E-state index in [4.69, 9.17) is 9.68 Å². The molecular formula is C22H26N4O4S. The lowest BCUT2D eigenvalue weighted by atomic mass is 10.0. The average Bonchev–Trinajstić information content (AvgIpc) is 3.45. The van der Waals surface area contributed by atoms with E-state index in [1.807, 2.05) is 12.1 Å². The molecule has 1 aromatic carbocycles. The van der Waals surface area contributed by atoms with Gasteiger partial charge in [-0.15, -0.1) is 0 Å². The number of hydrogen-bond acceptors (Lipinski definition) is 6. The first-order valence-corrected chi connectivity index (χ1v) is 12.0. The third-order valence-corrected chi connectivity index (χ3v) is 7.98. The summed E-state index contributed by atoms with van der Waals surface area (Å²) in [5.41, 5.74) is 1.69. The van der Waals surface area contributed by atoms with Gasteiger partial charge in [-0.2, -0.15) is 9.57 Å². The van der Waals surface area contributed by atoms with Crippen molar-refractivity contribution in [2.75, 3.05) is 31.1 Å². The predicted octanol–water partition coefficient (Wildman–Crippen LogP) is 2.64. The van der Waals surface area contributed by atoms with Crippen LogP contribution in [0.5, 0.6) is 0 Å². The second-order valence-electron chi connectivity index (χ2n) is 8.04. The number of nitrogens with zero attached hydrogens (tertiary/aromatic N) is 3. The number of carbonyl (C=O) groups is 1. The number of amides is 1. The van der Waals surface area contributed by atoms with Crippen molar-refractivity contribution in [3.8, 4) is 6.07 Å². The molecule has 0 bridgehead atoms. The van der Waals surface area contributed by atoms with Gasteiger partial charge in [0.15, 0.2) is 5.76 Å². The van der Waals surface area contributed by atoms with Crippen LogP contribution in [0.25, 0.3) is 0 Å².